The Kier molecular flexibility index (Phi) is 27.0. The predicted molar refractivity (Wildman–Crippen MR) is 257 cm³/mol. The van der Waals surface area contributed by atoms with Gasteiger partial charge >= 0.3 is 62.0 Å². The van der Waals surface area contributed by atoms with E-state index in [1.54, 1.807) is 6.07 Å². The molecule has 0 aliphatic heterocycles. The van der Waals surface area contributed by atoms with E-state index in [1.165, 1.54) is 50.2 Å². The van der Waals surface area contributed by atoms with Crippen molar-refractivity contribution in [3.8, 4) is 6.07 Å². The molecule has 0 saturated heterocycles. The molecule has 0 aliphatic rings. The van der Waals surface area contributed by atoms with Gasteiger partial charge in [-0.1, -0.05) is 79.7 Å². The fourth-order valence-electron chi connectivity index (χ4n) is 7.39. The largest absolute Gasteiger partial charge is 3.00 e. The quantitative estimate of drug-likeness (QED) is 0.0403. The molecule has 82 heavy (non-hydrogen) atoms. The van der Waals surface area contributed by atoms with E-state index in [1.807, 2.05) is 0 Å². The minimum Gasteiger partial charge on any atom is -1.00 e. The van der Waals surface area contributed by atoms with E-state index >= 15 is 0 Å². The molecule has 0 aliphatic carbocycles. The predicted octanol–water partition coefficient (Wildman–Crippen LogP) is 9.09. The Balaban J connectivity index is 0.00000219. The molecule has 0 saturated carbocycles. The molecular weight excluding hydrogens is 1360 g/mol. The summed E-state index contributed by atoms with van der Waals surface area (Å²) in [6.07, 6.45) is -31.6. The van der Waals surface area contributed by atoms with E-state index in [2.05, 4.69) is 0 Å². The minimum absolute atomic E-state index is 0. The van der Waals surface area contributed by atoms with Crippen LogP contribution in [0.3, 0.4) is 0 Å². The minimum atomic E-state index is -6.09. The molecule has 4 nitrogen and oxygen atoms in total. The molecule has 0 N–H and O–H groups in total. The van der Waals surface area contributed by atoms with Crippen LogP contribution in [0.1, 0.15) is 47.2 Å². The summed E-state index contributed by atoms with van der Waals surface area (Å²) in [6, 6.07) is 22.9. The van der Waals surface area contributed by atoms with Crippen molar-refractivity contribution < 1.29 is 149 Å². The Labute approximate surface area is 483 Å². The van der Waals surface area contributed by atoms with E-state index in [0.717, 1.165) is 36.4 Å². The van der Waals surface area contributed by atoms with Gasteiger partial charge in [-0.3, -0.25) is 0 Å². The molecule has 6 aromatic carbocycles. The van der Waals surface area contributed by atoms with Gasteiger partial charge in [0, 0.05) is 6.92 Å². The summed E-state index contributed by atoms with van der Waals surface area (Å²) in [4.78, 5) is 0. The van der Waals surface area contributed by atoms with E-state index in [-0.39, 0.29) is 76.1 Å². The van der Waals surface area contributed by atoms with Crippen LogP contribution >= 0.6 is 23.8 Å². The van der Waals surface area contributed by atoms with E-state index in [0.29, 0.717) is 72.8 Å². The number of rotatable bonds is 12. The Morgan fingerprint density at radius 2 is 0.524 bits per heavy atom. The summed E-state index contributed by atoms with van der Waals surface area (Å²) in [6.45, 7) is 2.82. The third-order valence-electron chi connectivity index (χ3n) is 10.8. The summed E-state index contributed by atoms with van der Waals surface area (Å²) >= 11 is 0. The molecule has 0 atom stereocenters. The zero-order valence-corrected chi connectivity index (χ0v) is 47.6. The van der Waals surface area contributed by atoms with Gasteiger partial charge in [-0.2, -0.15) is 97.5 Å². The first-order valence-corrected chi connectivity index (χ1v) is 27.7. The number of hydrogen-bond acceptors (Lipinski definition) is 4. The molecule has 0 amide bonds. The number of nitriles is 1. The van der Waals surface area contributed by atoms with E-state index in [4.69, 9.17) is 18.2 Å². The standard InChI is InChI=1S/C47H33F18P3.C2H3N.CHF3O3S.2ClH.Rh/c1-41(26-66(35-14-2-8-29(20-35)42(48,49)50)36-15-3-9-30(21-36)43(51,52)53,27-67(37-16-4-10-31(22-37)44(54,55)56)38-17-5-11-32(23-38)45(57,58)59)28-68(39-18-6-12-33(24-39)46(60,61)62)40-19-7-13-34(25-40)47(63,64)65;1-2-3;2-1(3,4)8(5,6)7;;;/h2-25H,26-28H2,1H3;1H3;(H,5,6,7);2*1H;/q;;;;;+3/p-3. The molecule has 0 bridgehead atoms. The SMILES string of the molecule is CC#N.CC(CP(c1cccc(C(F)(F)F)c1)c1cccc(C(F)(F)F)c1)(CP(c1cccc(C(F)(F)F)c1)c1cccc(C(F)(F)F)c1)CP(c1cccc(C(F)(F)F)c1)c1cccc(C(F)(F)F)c1.O=S(=O)([O-])C(F)(F)F.[Cl-].[Cl-].[Rh+3]. The molecule has 0 radical (unpaired) electrons. The Bertz CT molecular complexity index is 2740. The molecule has 0 spiro atoms. The molecule has 6 rings (SSSR count). The van der Waals surface area contributed by atoms with Gasteiger partial charge < -0.3 is 29.4 Å². The zero-order valence-electron chi connectivity index (χ0n) is 40.9. The van der Waals surface area contributed by atoms with Crippen molar-refractivity contribution in [2.24, 2.45) is 5.41 Å². The van der Waals surface area contributed by atoms with Gasteiger partial charge in [0.1, 0.15) is 0 Å². The fourth-order valence-corrected chi connectivity index (χ4v) is 16.2. The monoisotopic (exact) mass is 1390 g/mol. The zero-order chi connectivity index (χ0) is 60.0. The van der Waals surface area contributed by atoms with Crippen LogP contribution < -0.4 is 56.6 Å². The Morgan fingerprint density at radius 3 is 0.634 bits per heavy atom. The third-order valence-corrected chi connectivity index (χ3v) is 20.0. The van der Waals surface area contributed by atoms with Crippen LogP contribution in [0.15, 0.2) is 146 Å². The van der Waals surface area contributed by atoms with Crippen molar-refractivity contribution in [1.29, 1.82) is 5.26 Å². The smallest absolute Gasteiger partial charge is 1.00 e. The summed E-state index contributed by atoms with van der Waals surface area (Å²) in [5.74, 6) is 0. The van der Waals surface area contributed by atoms with Gasteiger partial charge in [-0.25, -0.2) is 8.42 Å². The summed E-state index contributed by atoms with van der Waals surface area (Å²) in [7, 11) is -13.6. The summed E-state index contributed by atoms with van der Waals surface area (Å²) in [5.41, 5.74) is -14.8. The maximum Gasteiger partial charge on any atom is 3.00 e. The first-order chi connectivity index (χ1) is 36.0. The normalized spacial score (nSPS) is 12.7. The molecular formula is C50H36Cl2F21NO3P3RhS. The van der Waals surface area contributed by atoms with Crippen molar-refractivity contribution in [2.45, 2.75) is 56.4 Å². The number of halogens is 23. The average Bonchev–Trinajstić information content (AvgIpc) is 3.33. The number of nitrogens with zero attached hydrogens (tertiary/aromatic N) is 1. The van der Waals surface area contributed by atoms with Crippen LogP contribution in [0, 0.1) is 16.7 Å². The molecule has 0 fully saturated rings. The van der Waals surface area contributed by atoms with Crippen molar-refractivity contribution >= 4 is 65.7 Å². The molecule has 6 aromatic rings. The first-order valence-electron chi connectivity index (χ1n) is 21.7. The van der Waals surface area contributed by atoms with Crippen LogP contribution in [-0.2, 0) is 66.7 Å². The van der Waals surface area contributed by atoms with Crippen molar-refractivity contribution in [2.75, 3.05) is 18.5 Å². The number of benzene rings is 6. The molecule has 450 valence electrons. The van der Waals surface area contributed by atoms with Crippen molar-refractivity contribution in [3.63, 3.8) is 0 Å². The Hall–Kier alpha value is -4.26. The van der Waals surface area contributed by atoms with Gasteiger partial charge in [0.15, 0.2) is 10.1 Å². The fraction of sp³-hybridized carbons (Fsp3) is 0.260. The van der Waals surface area contributed by atoms with Crippen molar-refractivity contribution in [1.82, 2.24) is 0 Å². The third kappa shape index (κ3) is 21.7. The Morgan fingerprint density at radius 1 is 0.390 bits per heavy atom. The second kappa shape index (κ2) is 29.2. The molecule has 0 aromatic heterocycles. The molecule has 0 heterocycles. The van der Waals surface area contributed by atoms with Gasteiger partial charge in [-0.15, -0.1) is 0 Å². The topological polar surface area (TPSA) is 81.0 Å². The van der Waals surface area contributed by atoms with Gasteiger partial charge in [-0.05, 0) is 152 Å². The second-order valence-corrected chi connectivity index (χ2v) is 25.0. The second-order valence-electron chi connectivity index (χ2n) is 17.0. The summed E-state index contributed by atoms with van der Waals surface area (Å²) in [5, 5.41) is 6.18. The van der Waals surface area contributed by atoms with Gasteiger partial charge in [0.25, 0.3) is 0 Å². The number of alkyl halides is 21. The van der Waals surface area contributed by atoms with Crippen LogP contribution in [-0.4, -0.2) is 37.0 Å². The van der Waals surface area contributed by atoms with Crippen LogP contribution in [0.4, 0.5) is 92.2 Å². The van der Waals surface area contributed by atoms with Crippen molar-refractivity contribution in [3.05, 3.63) is 179 Å². The number of hydrogen-bond donors (Lipinski definition) is 0. The summed E-state index contributed by atoms with van der Waals surface area (Å²) < 4.78 is 316. The van der Waals surface area contributed by atoms with Crippen LogP contribution in [0.5, 0.6) is 0 Å². The van der Waals surface area contributed by atoms with Crippen LogP contribution in [0.25, 0.3) is 0 Å². The maximum absolute atomic E-state index is 14.3. The molecule has 0 unspecified atom stereocenters. The first kappa shape index (κ1) is 75.8. The van der Waals surface area contributed by atoms with Crippen LogP contribution in [0.2, 0.25) is 0 Å². The maximum atomic E-state index is 14.3. The van der Waals surface area contributed by atoms with E-state index < -0.39 is 134 Å². The molecule has 32 heteroatoms. The van der Waals surface area contributed by atoms with Gasteiger partial charge in [0.2, 0.25) is 0 Å². The van der Waals surface area contributed by atoms with E-state index in [9.17, 15) is 92.2 Å². The van der Waals surface area contributed by atoms with Gasteiger partial charge in [0.05, 0.1) is 39.4 Å². The average molecular weight is 1400 g/mol.